The number of amides is 1. The van der Waals surface area contributed by atoms with E-state index >= 15 is 0 Å². The molecule has 0 atom stereocenters. The van der Waals surface area contributed by atoms with Crippen LogP contribution < -0.4 is 0 Å². The number of carbonyl (C=O) groups excluding carboxylic acids is 1. The van der Waals surface area contributed by atoms with Gasteiger partial charge in [0.05, 0.1) is 11.4 Å². The van der Waals surface area contributed by atoms with Crippen molar-refractivity contribution in [1.82, 2.24) is 14.7 Å². The van der Waals surface area contributed by atoms with Crippen molar-refractivity contribution >= 4 is 29.3 Å². The summed E-state index contributed by atoms with van der Waals surface area (Å²) in [6.45, 7) is 3.79. The molecule has 18 heavy (non-hydrogen) atoms. The number of nitrogens with zero attached hydrogens (tertiary/aromatic N) is 3. The summed E-state index contributed by atoms with van der Waals surface area (Å²) >= 11 is 7.76. The van der Waals surface area contributed by atoms with E-state index in [1.807, 2.05) is 18.9 Å². The Hall–Kier alpha value is -0.680. The predicted octanol–water partition coefficient (Wildman–Crippen LogP) is 2.24. The maximum absolute atomic E-state index is 11.9. The molecule has 0 aliphatic carbocycles. The number of thioether (sulfide) groups is 1. The van der Waals surface area contributed by atoms with Crippen molar-refractivity contribution < 1.29 is 4.79 Å². The number of likely N-dealkylation sites (tertiary alicyclic amines) is 1. The van der Waals surface area contributed by atoms with E-state index in [1.165, 1.54) is 0 Å². The number of aryl methyl sites for hydroxylation is 2. The number of rotatable bonds is 4. The molecule has 1 amide bonds. The van der Waals surface area contributed by atoms with E-state index in [2.05, 4.69) is 5.10 Å². The van der Waals surface area contributed by atoms with Crippen LogP contribution in [0.5, 0.6) is 0 Å². The maximum Gasteiger partial charge on any atom is 0.232 e. The zero-order valence-corrected chi connectivity index (χ0v) is 12.4. The van der Waals surface area contributed by atoms with E-state index in [0.29, 0.717) is 10.9 Å². The molecular formula is C12H18ClN3OS. The molecule has 4 nitrogen and oxygen atoms in total. The van der Waals surface area contributed by atoms with Crippen molar-refractivity contribution in [2.75, 3.05) is 18.8 Å². The summed E-state index contributed by atoms with van der Waals surface area (Å²) < 4.78 is 1.68. The van der Waals surface area contributed by atoms with Gasteiger partial charge in [0.25, 0.3) is 0 Å². The van der Waals surface area contributed by atoms with Gasteiger partial charge in [-0.1, -0.05) is 11.6 Å². The zero-order chi connectivity index (χ0) is 13.1. The number of carbonyl (C=O) groups is 1. The molecule has 1 aliphatic heterocycles. The molecule has 2 rings (SSSR count). The first kappa shape index (κ1) is 13.7. The highest BCUT2D eigenvalue weighted by atomic mass is 35.5. The molecule has 1 fully saturated rings. The van der Waals surface area contributed by atoms with Crippen LogP contribution in [0.25, 0.3) is 0 Å². The van der Waals surface area contributed by atoms with Crippen LogP contribution in [0.1, 0.15) is 24.1 Å². The van der Waals surface area contributed by atoms with Crippen LogP contribution in [0.15, 0.2) is 0 Å². The van der Waals surface area contributed by atoms with E-state index in [9.17, 15) is 4.79 Å². The molecule has 100 valence electrons. The van der Waals surface area contributed by atoms with Crippen molar-refractivity contribution in [1.29, 1.82) is 0 Å². The molecule has 1 saturated heterocycles. The van der Waals surface area contributed by atoms with Gasteiger partial charge in [0, 0.05) is 31.5 Å². The molecule has 6 heteroatoms. The fourth-order valence-corrected chi connectivity index (χ4v) is 3.47. The third-order valence-electron chi connectivity index (χ3n) is 3.20. The summed E-state index contributed by atoms with van der Waals surface area (Å²) in [4.78, 5) is 13.8. The summed E-state index contributed by atoms with van der Waals surface area (Å²) in [7, 11) is 1.83. The van der Waals surface area contributed by atoms with Crippen molar-refractivity contribution in [2.24, 2.45) is 7.05 Å². The molecule has 1 aromatic rings. The molecule has 2 heterocycles. The maximum atomic E-state index is 11.9. The topological polar surface area (TPSA) is 38.1 Å². The average molecular weight is 288 g/mol. The second-order valence-corrected chi connectivity index (χ2v) is 5.90. The lowest BCUT2D eigenvalue weighted by atomic mass is 10.3. The van der Waals surface area contributed by atoms with Gasteiger partial charge in [-0.05, 0) is 19.8 Å². The Labute approximate surface area is 117 Å². The van der Waals surface area contributed by atoms with E-state index in [4.69, 9.17) is 11.6 Å². The van der Waals surface area contributed by atoms with E-state index in [-0.39, 0.29) is 5.91 Å². The van der Waals surface area contributed by atoms with E-state index in [1.54, 1.807) is 16.4 Å². The molecule has 0 saturated carbocycles. The molecule has 0 N–H and O–H groups in total. The normalized spacial score (nSPS) is 15.4. The lowest BCUT2D eigenvalue weighted by Gasteiger charge is -2.14. The van der Waals surface area contributed by atoms with Gasteiger partial charge in [-0.3, -0.25) is 9.48 Å². The zero-order valence-electron chi connectivity index (χ0n) is 10.8. The SMILES string of the molecule is Cc1nn(C)c(Cl)c1CSCC(=O)N1CCCC1. The Balaban J connectivity index is 1.83. The van der Waals surface area contributed by atoms with Crippen LogP contribution in [-0.4, -0.2) is 39.4 Å². The van der Waals surface area contributed by atoms with Gasteiger partial charge in [0.2, 0.25) is 5.91 Å². The van der Waals surface area contributed by atoms with Crippen LogP contribution >= 0.6 is 23.4 Å². The Morgan fingerprint density at radius 1 is 1.44 bits per heavy atom. The number of hydrogen-bond donors (Lipinski definition) is 0. The largest absolute Gasteiger partial charge is 0.342 e. The lowest BCUT2D eigenvalue weighted by Crippen LogP contribution is -2.29. The molecular weight excluding hydrogens is 270 g/mol. The highest BCUT2D eigenvalue weighted by Crippen LogP contribution is 2.24. The highest BCUT2D eigenvalue weighted by Gasteiger charge is 2.18. The summed E-state index contributed by atoms with van der Waals surface area (Å²) in [5.74, 6) is 1.53. The van der Waals surface area contributed by atoms with Crippen LogP contribution in [-0.2, 0) is 17.6 Å². The minimum Gasteiger partial charge on any atom is -0.342 e. The standard InChI is InChI=1S/C12H18ClN3OS/c1-9-10(12(13)15(2)14-9)7-18-8-11(17)16-5-3-4-6-16/h3-8H2,1-2H3. The quantitative estimate of drug-likeness (QED) is 0.852. The van der Waals surface area contributed by atoms with Crippen LogP contribution in [0.2, 0.25) is 5.15 Å². The van der Waals surface area contributed by atoms with Gasteiger partial charge in [0.1, 0.15) is 5.15 Å². The Kier molecular flexibility index (Phi) is 4.56. The lowest BCUT2D eigenvalue weighted by molar-refractivity contribution is -0.127. The summed E-state index contributed by atoms with van der Waals surface area (Å²) in [6, 6.07) is 0. The number of halogens is 1. The third kappa shape index (κ3) is 3.01. The summed E-state index contributed by atoms with van der Waals surface area (Å²) in [5, 5.41) is 4.94. The minimum atomic E-state index is 0.246. The molecule has 1 aliphatic rings. The molecule has 1 aromatic heterocycles. The summed E-state index contributed by atoms with van der Waals surface area (Å²) in [6.07, 6.45) is 2.29. The first-order valence-electron chi connectivity index (χ1n) is 6.13. The van der Waals surface area contributed by atoms with E-state index < -0.39 is 0 Å². The van der Waals surface area contributed by atoms with Gasteiger partial charge in [-0.2, -0.15) is 5.10 Å². The molecule has 0 aromatic carbocycles. The van der Waals surface area contributed by atoms with Crippen LogP contribution in [0.3, 0.4) is 0 Å². The first-order chi connectivity index (χ1) is 8.59. The molecule has 0 bridgehead atoms. The number of hydrogen-bond acceptors (Lipinski definition) is 3. The fraction of sp³-hybridized carbons (Fsp3) is 0.667. The van der Waals surface area contributed by atoms with Gasteiger partial charge >= 0.3 is 0 Å². The molecule has 0 spiro atoms. The van der Waals surface area contributed by atoms with Gasteiger partial charge in [-0.15, -0.1) is 11.8 Å². The third-order valence-corrected chi connectivity index (χ3v) is 4.62. The van der Waals surface area contributed by atoms with Crippen molar-refractivity contribution in [2.45, 2.75) is 25.5 Å². The van der Waals surface area contributed by atoms with Crippen molar-refractivity contribution in [3.8, 4) is 0 Å². The van der Waals surface area contributed by atoms with Gasteiger partial charge in [-0.25, -0.2) is 0 Å². The fourth-order valence-electron chi connectivity index (χ4n) is 2.14. The minimum absolute atomic E-state index is 0.246. The van der Waals surface area contributed by atoms with Gasteiger partial charge in [0.15, 0.2) is 0 Å². The summed E-state index contributed by atoms with van der Waals surface area (Å²) in [5.41, 5.74) is 1.99. The van der Waals surface area contributed by atoms with Crippen molar-refractivity contribution in [3.63, 3.8) is 0 Å². The smallest absolute Gasteiger partial charge is 0.232 e. The second kappa shape index (κ2) is 5.97. The Morgan fingerprint density at radius 2 is 2.11 bits per heavy atom. The molecule has 0 radical (unpaired) electrons. The number of aromatic nitrogens is 2. The van der Waals surface area contributed by atoms with Crippen LogP contribution in [0, 0.1) is 6.92 Å². The van der Waals surface area contributed by atoms with E-state index in [0.717, 1.165) is 42.9 Å². The van der Waals surface area contributed by atoms with Crippen LogP contribution in [0.4, 0.5) is 0 Å². The monoisotopic (exact) mass is 287 g/mol. The second-order valence-electron chi connectivity index (χ2n) is 4.56. The van der Waals surface area contributed by atoms with Gasteiger partial charge < -0.3 is 4.90 Å². The first-order valence-corrected chi connectivity index (χ1v) is 7.66. The molecule has 0 unspecified atom stereocenters. The Bertz CT molecular complexity index is 441. The Morgan fingerprint density at radius 3 is 2.67 bits per heavy atom. The highest BCUT2D eigenvalue weighted by molar-refractivity contribution is 7.99. The predicted molar refractivity (Wildman–Crippen MR) is 74.9 cm³/mol. The average Bonchev–Trinajstić information content (AvgIpc) is 2.93. The van der Waals surface area contributed by atoms with Crippen molar-refractivity contribution in [3.05, 3.63) is 16.4 Å².